The molecule has 1 atom stereocenters. The van der Waals surface area contributed by atoms with Gasteiger partial charge in [-0.3, -0.25) is 9.78 Å². The molecule has 0 saturated carbocycles. The zero-order chi connectivity index (χ0) is 15.4. The number of amides is 1. The topological polar surface area (TPSA) is 33.2 Å². The van der Waals surface area contributed by atoms with Crippen molar-refractivity contribution in [2.24, 2.45) is 0 Å². The molecule has 3 nitrogen and oxygen atoms in total. The molecule has 0 aliphatic carbocycles. The first kappa shape index (κ1) is 15.0. The maximum atomic E-state index is 13.9. The average Bonchev–Trinajstić information content (AvgIpc) is 2.81. The van der Waals surface area contributed by atoms with Gasteiger partial charge in [0.2, 0.25) is 0 Å². The summed E-state index contributed by atoms with van der Waals surface area (Å²) in [6.07, 6.45) is 2.38. The van der Waals surface area contributed by atoms with Crippen LogP contribution >= 0.6 is 11.8 Å². The van der Waals surface area contributed by atoms with E-state index in [9.17, 15) is 9.18 Å². The Labute approximate surface area is 133 Å². The van der Waals surface area contributed by atoms with Crippen molar-refractivity contribution in [3.8, 4) is 0 Å². The normalized spacial score (nSPS) is 18.8. The molecular formula is C17H17FN2OS. The minimum atomic E-state index is -0.162. The molecular weight excluding hydrogens is 299 g/mol. The number of hydrogen-bond donors (Lipinski definition) is 0. The molecule has 1 amide bonds. The van der Waals surface area contributed by atoms with E-state index in [4.69, 9.17) is 0 Å². The summed E-state index contributed by atoms with van der Waals surface area (Å²) >= 11 is 1.71. The van der Waals surface area contributed by atoms with Gasteiger partial charge in [0, 0.05) is 35.9 Å². The van der Waals surface area contributed by atoms with Gasteiger partial charge < -0.3 is 4.90 Å². The first-order valence-corrected chi connectivity index (χ1v) is 8.37. The van der Waals surface area contributed by atoms with Crippen molar-refractivity contribution in [3.05, 3.63) is 65.7 Å². The first-order valence-electron chi connectivity index (χ1n) is 7.32. The zero-order valence-electron chi connectivity index (χ0n) is 12.1. The average molecular weight is 316 g/mol. The second-order valence-corrected chi connectivity index (χ2v) is 6.49. The number of nitrogens with zero attached hydrogens (tertiary/aromatic N) is 2. The van der Waals surface area contributed by atoms with Crippen LogP contribution in [0, 0.1) is 5.82 Å². The molecule has 0 N–H and O–H groups in total. The first-order chi connectivity index (χ1) is 10.8. The fourth-order valence-corrected chi connectivity index (χ4v) is 3.86. The Morgan fingerprint density at radius 1 is 1.18 bits per heavy atom. The molecule has 2 aromatic rings. The summed E-state index contributed by atoms with van der Waals surface area (Å²) in [4.78, 5) is 18.4. The molecule has 2 heterocycles. The van der Waals surface area contributed by atoms with Crippen LogP contribution in [0.25, 0.3) is 0 Å². The maximum absolute atomic E-state index is 13.9. The molecule has 0 radical (unpaired) electrons. The quantitative estimate of drug-likeness (QED) is 0.849. The second kappa shape index (κ2) is 6.92. The number of rotatable bonds is 2. The van der Waals surface area contributed by atoms with Crippen LogP contribution in [0.3, 0.4) is 0 Å². The van der Waals surface area contributed by atoms with Crippen molar-refractivity contribution in [2.45, 2.75) is 11.7 Å². The van der Waals surface area contributed by atoms with Crippen LogP contribution in [0.4, 0.5) is 4.39 Å². The second-order valence-electron chi connectivity index (χ2n) is 5.18. The standard InChI is InChI=1S/C17H17FN2OS/c18-14-6-2-1-5-13(14)16-8-10-20(11-12-22-16)17(21)15-7-3-4-9-19-15/h1-7,9,16H,8,10-12H2. The molecule has 1 aliphatic rings. The summed E-state index contributed by atoms with van der Waals surface area (Å²) in [5, 5.41) is 0.0998. The lowest BCUT2D eigenvalue weighted by molar-refractivity contribution is 0.0760. The SMILES string of the molecule is O=C(c1ccccn1)N1CCSC(c2ccccc2F)CC1. The lowest BCUT2D eigenvalue weighted by Gasteiger charge is -2.20. The van der Waals surface area contributed by atoms with E-state index in [2.05, 4.69) is 4.98 Å². The van der Waals surface area contributed by atoms with Crippen molar-refractivity contribution in [2.75, 3.05) is 18.8 Å². The number of benzene rings is 1. The van der Waals surface area contributed by atoms with Crippen LogP contribution in [-0.4, -0.2) is 34.6 Å². The summed E-state index contributed by atoms with van der Waals surface area (Å²) in [6.45, 7) is 1.30. The predicted molar refractivity (Wildman–Crippen MR) is 86.4 cm³/mol. The van der Waals surface area contributed by atoms with E-state index in [1.807, 2.05) is 23.1 Å². The monoisotopic (exact) mass is 316 g/mol. The molecule has 1 fully saturated rings. The Bertz CT molecular complexity index is 650. The van der Waals surface area contributed by atoms with Gasteiger partial charge in [-0.1, -0.05) is 24.3 Å². The summed E-state index contributed by atoms with van der Waals surface area (Å²) < 4.78 is 13.9. The lowest BCUT2D eigenvalue weighted by atomic mass is 10.1. The Morgan fingerprint density at radius 3 is 2.77 bits per heavy atom. The van der Waals surface area contributed by atoms with Crippen LogP contribution in [-0.2, 0) is 0 Å². The molecule has 1 saturated heterocycles. The molecule has 5 heteroatoms. The van der Waals surface area contributed by atoms with Crippen molar-refractivity contribution in [1.29, 1.82) is 0 Å². The summed E-state index contributed by atoms with van der Waals surface area (Å²) in [5.74, 6) is 0.595. The van der Waals surface area contributed by atoms with E-state index < -0.39 is 0 Å². The molecule has 0 bridgehead atoms. The van der Waals surface area contributed by atoms with Crippen LogP contribution < -0.4 is 0 Å². The van der Waals surface area contributed by atoms with Gasteiger partial charge >= 0.3 is 0 Å². The third-order valence-corrected chi connectivity index (χ3v) is 5.08. The van der Waals surface area contributed by atoms with Gasteiger partial charge in [0.1, 0.15) is 11.5 Å². The van der Waals surface area contributed by atoms with E-state index >= 15 is 0 Å². The number of pyridine rings is 1. The maximum Gasteiger partial charge on any atom is 0.272 e. The minimum absolute atomic E-state index is 0.0459. The Morgan fingerprint density at radius 2 is 2.00 bits per heavy atom. The van der Waals surface area contributed by atoms with Crippen molar-refractivity contribution < 1.29 is 9.18 Å². The van der Waals surface area contributed by atoms with Gasteiger partial charge in [-0.05, 0) is 24.6 Å². The molecule has 1 unspecified atom stereocenters. The van der Waals surface area contributed by atoms with Crippen molar-refractivity contribution in [3.63, 3.8) is 0 Å². The Hall–Kier alpha value is -1.88. The van der Waals surface area contributed by atoms with Crippen LogP contribution in [0.2, 0.25) is 0 Å². The number of thioether (sulfide) groups is 1. The Kier molecular flexibility index (Phi) is 4.73. The van der Waals surface area contributed by atoms with Crippen LogP contribution in [0.1, 0.15) is 27.7 Å². The van der Waals surface area contributed by atoms with Gasteiger partial charge in [0.25, 0.3) is 5.91 Å². The lowest BCUT2D eigenvalue weighted by Crippen LogP contribution is -2.33. The summed E-state index contributed by atoms with van der Waals surface area (Å²) in [5.41, 5.74) is 1.21. The highest BCUT2D eigenvalue weighted by Crippen LogP contribution is 2.35. The number of hydrogen-bond acceptors (Lipinski definition) is 3. The molecule has 0 spiro atoms. The minimum Gasteiger partial charge on any atom is -0.336 e. The highest BCUT2D eigenvalue weighted by atomic mass is 32.2. The summed E-state index contributed by atoms with van der Waals surface area (Å²) in [7, 11) is 0. The van der Waals surface area contributed by atoms with Gasteiger partial charge in [0.15, 0.2) is 0 Å². The van der Waals surface area contributed by atoms with Crippen LogP contribution in [0.15, 0.2) is 48.7 Å². The third-order valence-electron chi connectivity index (χ3n) is 3.76. The predicted octanol–water partition coefficient (Wildman–Crippen LogP) is 3.54. The van der Waals surface area contributed by atoms with E-state index in [-0.39, 0.29) is 17.0 Å². The molecule has 114 valence electrons. The highest BCUT2D eigenvalue weighted by molar-refractivity contribution is 7.99. The van der Waals surface area contributed by atoms with Crippen molar-refractivity contribution >= 4 is 17.7 Å². The smallest absolute Gasteiger partial charge is 0.272 e. The molecule has 1 aromatic heterocycles. The van der Waals surface area contributed by atoms with E-state index in [1.54, 1.807) is 36.2 Å². The number of carbonyl (C=O) groups is 1. The number of carbonyl (C=O) groups excluding carboxylic acids is 1. The van der Waals surface area contributed by atoms with E-state index in [0.717, 1.165) is 17.7 Å². The van der Waals surface area contributed by atoms with Crippen molar-refractivity contribution in [1.82, 2.24) is 9.88 Å². The molecule has 3 rings (SSSR count). The third kappa shape index (κ3) is 3.30. The highest BCUT2D eigenvalue weighted by Gasteiger charge is 2.24. The van der Waals surface area contributed by atoms with Gasteiger partial charge in [-0.25, -0.2) is 4.39 Å². The zero-order valence-corrected chi connectivity index (χ0v) is 12.9. The summed E-state index contributed by atoms with van der Waals surface area (Å²) in [6, 6.07) is 12.2. The van der Waals surface area contributed by atoms with E-state index in [1.165, 1.54) is 6.07 Å². The van der Waals surface area contributed by atoms with E-state index in [0.29, 0.717) is 18.8 Å². The Balaban J connectivity index is 1.70. The largest absolute Gasteiger partial charge is 0.336 e. The van der Waals surface area contributed by atoms with Gasteiger partial charge in [-0.15, -0.1) is 0 Å². The number of halogens is 1. The fourth-order valence-electron chi connectivity index (χ4n) is 2.61. The fraction of sp³-hybridized carbons (Fsp3) is 0.294. The van der Waals surface area contributed by atoms with Crippen LogP contribution in [0.5, 0.6) is 0 Å². The molecule has 1 aromatic carbocycles. The number of aromatic nitrogens is 1. The van der Waals surface area contributed by atoms with Gasteiger partial charge in [0.05, 0.1) is 0 Å². The van der Waals surface area contributed by atoms with Gasteiger partial charge in [-0.2, -0.15) is 11.8 Å². The molecule has 1 aliphatic heterocycles. The molecule has 22 heavy (non-hydrogen) atoms.